The Balaban J connectivity index is 2.40. The number of aryl methyl sites for hydroxylation is 1. The molecule has 0 amide bonds. The molecule has 0 aromatic carbocycles. The highest BCUT2D eigenvalue weighted by Gasteiger charge is 2.05. The van der Waals surface area contributed by atoms with E-state index in [0.717, 1.165) is 0 Å². The second-order valence-corrected chi connectivity index (χ2v) is 3.55. The first-order chi connectivity index (χ1) is 7.18. The molecular formula is C8H9N5OS. The van der Waals surface area contributed by atoms with Gasteiger partial charge >= 0.3 is 5.69 Å². The van der Waals surface area contributed by atoms with Crippen LogP contribution in [-0.4, -0.2) is 24.2 Å². The maximum Gasteiger partial charge on any atom is 0.350 e. The molecule has 0 spiro atoms. The number of nitrogens with zero attached hydrogens (tertiary/aromatic N) is 4. The maximum atomic E-state index is 11.7. The summed E-state index contributed by atoms with van der Waals surface area (Å²) in [5, 5.41) is 4.07. The Hall–Kier alpha value is -1.76. The monoisotopic (exact) mass is 223 g/mol. The van der Waals surface area contributed by atoms with E-state index in [1.165, 1.54) is 21.5 Å². The van der Waals surface area contributed by atoms with Crippen molar-refractivity contribution in [2.75, 3.05) is 0 Å². The molecule has 0 unspecified atom stereocenters. The van der Waals surface area contributed by atoms with Crippen molar-refractivity contribution in [2.24, 2.45) is 5.73 Å². The van der Waals surface area contributed by atoms with Crippen LogP contribution in [0.3, 0.4) is 0 Å². The van der Waals surface area contributed by atoms with Gasteiger partial charge in [-0.15, -0.1) is 5.10 Å². The minimum absolute atomic E-state index is 0.205. The summed E-state index contributed by atoms with van der Waals surface area (Å²) in [5.41, 5.74) is 5.67. The number of hydrogen-bond acceptors (Lipinski definition) is 4. The predicted molar refractivity (Wildman–Crippen MR) is 58.6 cm³/mol. The fourth-order valence-corrected chi connectivity index (χ4v) is 1.33. The van der Waals surface area contributed by atoms with Crippen molar-refractivity contribution in [1.29, 1.82) is 0 Å². The Morgan fingerprint density at radius 2 is 2.40 bits per heavy atom. The maximum absolute atomic E-state index is 11.7. The molecule has 0 bridgehead atoms. The molecule has 7 heteroatoms. The summed E-state index contributed by atoms with van der Waals surface area (Å²) < 4.78 is 2.75. The fourth-order valence-electron chi connectivity index (χ4n) is 1.24. The molecule has 2 N–H and O–H groups in total. The zero-order chi connectivity index (χ0) is 10.8. The highest BCUT2D eigenvalue weighted by molar-refractivity contribution is 7.80. The van der Waals surface area contributed by atoms with Gasteiger partial charge in [0.2, 0.25) is 0 Å². The molecular weight excluding hydrogens is 214 g/mol. The lowest BCUT2D eigenvalue weighted by Gasteiger charge is -1.95. The molecule has 0 saturated heterocycles. The third-order valence-electron chi connectivity index (χ3n) is 1.96. The standard InChI is InChI=1S/C8H9N5OS/c9-6(15)1-3-13-8(14)12-4-2-10-5-7(12)11-13/h2,4-5H,1,3H2,(H2,9,15). The van der Waals surface area contributed by atoms with Crippen LogP contribution in [0.25, 0.3) is 5.65 Å². The minimum Gasteiger partial charge on any atom is -0.393 e. The van der Waals surface area contributed by atoms with Gasteiger partial charge in [-0.2, -0.15) is 0 Å². The summed E-state index contributed by atoms with van der Waals surface area (Å²) in [7, 11) is 0. The summed E-state index contributed by atoms with van der Waals surface area (Å²) in [5.74, 6) is 0. The van der Waals surface area contributed by atoms with Gasteiger partial charge in [0, 0.05) is 18.8 Å². The van der Waals surface area contributed by atoms with E-state index in [1.54, 1.807) is 6.20 Å². The summed E-state index contributed by atoms with van der Waals surface area (Å²) >= 11 is 4.73. The molecule has 2 aromatic rings. The van der Waals surface area contributed by atoms with Crippen LogP contribution < -0.4 is 11.4 Å². The largest absolute Gasteiger partial charge is 0.393 e. The third-order valence-corrected chi connectivity index (χ3v) is 2.16. The minimum atomic E-state index is -0.205. The van der Waals surface area contributed by atoms with Crippen molar-refractivity contribution >= 4 is 22.9 Å². The fraction of sp³-hybridized carbons (Fsp3) is 0.250. The number of aromatic nitrogens is 4. The molecule has 0 aliphatic heterocycles. The third kappa shape index (κ3) is 1.86. The van der Waals surface area contributed by atoms with Crippen molar-refractivity contribution in [3.8, 4) is 0 Å². The highest BCUT2D eigenvalue weighted by atomic mass is 32.1. The SMILES string of the molecule is NC(=S)CCn1nc2cnccn2c1=O. The molecule has 2 heterocycles. The highest BCUT2D eigenvalue weighted by Crippen LogP contribution is 1.93. The van der Waals surface area contributed by atoms with Crippen LogP contribution in [0, 0.1) is 0 Å². The average Bonchev–Trinajstić information content (AvgIpc) is 2.54. The van der Waals surface area contributed by atoms with Crippen LogP contribution in [0.4, 0.5) is 0 Å². The quantitative estimate of drug-likeness (QED) is 0.714. The van der Waals surface area contributed by atoms with Gasteiger partial charge in [0.25, 0.3) is 0 Å². The predicted octanol–water partition coefficient (Wildman–Crippen LogP) is -0.433. The van der Waals surface area contributed by atoms with Crippen LogP contribution in [0.5, 0.6) is 0 Å². The van der Waals surface area contributed by atoms with Gasteiger partial charge < -0.3 is 5.73 Å². The van der Waals surface area contributed by atoms with Crippen molar-refractivity contribution in [3.63, 3.8) is 0 Å². The molecule has 0 aliphatic rings. The number of fused-ring (bicyclic) bond motifs is 1. The summed E-state index contributed by atoms with van der Waals surface area (Å²) in [6.07, 6.45) is 5.10. The second-order valence-electron chi connectivity index (χ2n) is 3.03. The first kappa shape index (κ1) is 9.78. The molecule has 2 aromatic heterocycles. The molecule has 78 valence electrons. The van der Waals surface area contributed by atoms with Crippen LogP contribution >= 0.6 is 12.2 Å². The summed E-state index contributed by atoms with van der Waals surface area (Å²) in [6.45, 7) is 0.399. The molecule has 2 rings (SSSR count). The number of hydrogen-bond donors (Lipinski definition) is 1. The van der Waals surface area contributed by atoms with Crippen molar-refractivity contribution in [1.82, 2.24) is 19.2 Å². The van der Waals surface area contributed by atoms with E-state index in [-0.39, 0.29) is 5.69 Å². The van der Waals surface area contributed by atoms with E-state index in [2.05, 4.69) is 10.1 Å². The lowest BCUT2D eigenvalue weighted by Crippen LogP contribution is -2.23. The topological polar surface area (TPSA) is 78.2 Å². The van der Waals surface area contributed by atoms with Gasteiger partial charge in [-0.05, 0) is 0 Å². The van der Waals surface area contributed by atoms with Gasteiger partial charge in [-0.1, -0.05) is 12.2 Å². The first-order valence-corrected chi connectivity index (χ1v) is 4.77. The second kappa shape index (κ2) is 3.77. The van der Waals surface area contributed by atoms with Crippen molar-refractivity contribution in [3.05, 3.63) is 29.1 Å². The summed E-state index contributed by atoms with van der Waals surface area (Å²) in [4.78, 5) is 15.9. The lowest BCUT2D eigenvalue weighted by atomic mass is 10.4. The van der Waals surface area contributed by atoms with Crippen LogP contribution in [0.15, 0.2) is 23.4 Å². The van der Waals surface area contributed by atoms with E-state index in [4.69, 9.17) is 18.0 Å². The smallest absolute Gasteiger partial charge is 0.350 e. The van der Waals surface area contributed by atoms with Gasteiger partial charge in [-0.25, -0.2) is 13.9 Å². The molecule has 15 heavy (non-hydrogen) atoms. The zero-order valence-electron chi connectivity index (χ0n) is 7.83. The number of thiocarbonyl (C=S) groups is 1. The lowest BCUT2D eigenvalue weighted by molar-refractivity contribution is 0.611. The van der Waals surface area contributed by atoms with Gasteiger partial charge in [0.15, 0.2) is 5.65 Å². The van der Waals surface area contributed by atoms with Crippen LogP contribution in [-0.2, 0) is 6.54 Å². The molecule has 0 atom stereocenters. The first-order valence-electron chi connectivity index (χ1n) is 4.36. The molecule has 0 saturated carbocycles. The van der Waals surface area contributed by atoms with Gasteiger partial charge in [-0.3, -0.25) is 4.98 Å². The van der Waals surface area contributed by atoms with E-state index >= 15 is 0 Å². The van der Waals surface area contributed by atoms with Crippen LogP contribution in [0.2, 0.25) is 0 Å². The summed E-state index contributed by atoms with van der Waals surface area (Å²) in [6, 6.07) is 0. The van der Waals surface area contributed by atoms with Crippen molar-refractivity contribution in [2.45, 2.75) is 13.0 Å². The normalized spacial score (nSPS) is 10.7. The van der Waals surface area contributed by atoms with E-state index in [9.17, 15) is 4.79 Å². The molecule has 6 nitrogen and oxygen atoms in total. The van der Waals surface area contributed by atoms with E-state index in [0.29, 0.717) is 23.6 Å². The van der Waals surface area contributed by atoms with E-state index in [1.807, 2.05) is 0 Å². The molecule has 0 aliphatic carbocycles. The van der Waals surface area contributed by atoms with Crippen molar-refractivity contribution < 1.29 is 0 Å². The Bertz CT molecular complexity index is 557. The number of nitrogens with two attached hydrogens (primary N) is 1. The Morgan fingerprint density at radius 3 is 3.07 bits per heavy atom. The Kier molecular flexibility index (Phi) is 2.46. The van der Waals surface area contributed by atoms with Gasteiger partial charge in [0.05, 0.1) is 17.7 Å². The molecule has 0 radical (unpaired) electrons. The number of rotatable bonds is 3. The Labute approximate surface area is 90.3 Å². The Morgan fingerprint density at radius 1 is 1.60 bits per heavy atom. The van der Waals surface area contributed by atoms with Gasteiger partial charge in [0.1, 0.15) is 0 Å². The van der Waals surface area contributed by atoms with E-state index < -0.39 is 0 Å². The zero-order valence-corrected chi connectivity index (χ0v) is 8.65. The molecule has 0 fully saturated rings. The van der Waals surface area contributed by atoms with Crippen LogP contribution in [0.1, 0.15) is 6.42 Å². The average molecular weight is 223 g/mol.